The summed E-state index contributed by atoms with van der Waals surface area (Å²) in [4.78, 5) is 13.8. The first-order valence-corrected chi connectivity index (χ1v) is 15.1. The fraction of sp³-hybridized carbons (Fsp3) is 0.654. The Labute approximate surface area is 220 Å². The average Bonchev–Trinajstić information content (AvgIpc) is 2.93. The highest BCUT2D eigenvalue weighted by Gasteiger charge is 2.22. The summed E-state index contributed by atoms with van der Waals surface area (Å²) in [5.41, 5.74) is 1.34. The molecule has 1 saturated carbocycles. The van der Waals surface area contributed by atoms with E-state index in [1.807, 2.05) is 0 Å². The van der Waals surface area contributed by atoms with Crippen molar-refractivity contribution < 1.29 is 13.5 Å². The third-order valence-corrected chi connectivity index (χ3v) is 8.73. The molecule has 0 spiro atoms. The highest BCUT2D eigenvalue weighted by molar-refractivity contribution is 7.89. The van der Waals surface area contributed by atoms with Gasteiger partial charge in [0.25, 0.3) is 0 Å². The number of unbranched alkanes of at least 4 members (excludes halogenated alkanes) is 1. The van der Waals surface area contributed by atoms with Gasteiger partial charge in [0.1, 0.15) is 10.7 Å². The number of aliphatic hydroxyl groups is 1. The van der Waals surface area contributed by atoms with Crippen molar-refractivity contribution in [3.63, 3.8) is 0 Å². The van der Waals surface area contributed by atoms with Crippen LogP contribution in [-0.2, 0) is 10.0 Å². The molecular formula is C26H41N7O3S. The molecule has 204 valence electrons. The molecule has 11 heteroatoms. The van der Waals surface area contributed by atoms with Crippen molar-refractivity contribution in [2.45, 2.75) is 69.3 Å². The molecule has 2 aromatic rings. The van der Waals surface area contributed by atoms with E-state index < -0.39 is 10.0 Å². The summed E-state index contributed by atoms with van der Waals surface area (Å²) in [6, 6.07) is 3.30. The average molecular weight is 532 g/mol. The van der Waals surface area contributed by atoms with Gasteiger partial charge < -0.3 is 21.1 Å². The van der Waals surface area contributed by atoms with Gasteiger partial charge in [-0.2, -0.15) is 4.98 Å². The molecule has 4 rings (SSSR count). The van der Waals surface area contributed by atoms with E-state index in [0.717, 1.165) is 83.1 Å². The van der Waals surface area contributed by atoms with Crippen molar-refractivity contribution in [1.29, 1.82) is 0 Å². The highest BCUT2D eigenvalue weighted by Crippen LogP contribution is 2.29. The van der Waals surface area contributed by atoms with Crippen LogP contribution in [0.3, 0.4) is 0 Å². The van der Waals surface area contributed by atoms with Crippen LogP contribution in [0.1, 0.15) is 58.3 Å². The van der Waals surface area contributed by atoms with Gasteiger partial charge in [0.15, 0.2) is 0 Å². The van der Waals surface area contributed by atoms with Crippen LogP contribution < -0.4 is 20.7 Å². The Morgan fingerprint density at radius 1 is 0.973 bits per heavy atom. The van der Waals surface area contributed by atoms with Crippen molar-refractivity contribution in [3.8, 4) is 11.3 Å². The predicted molar refractivity (Wildman–Crippen MR) is 146 cm³/mol. The molecule has 0 radical (unpaired) electrons. The van der Waals surface area contributed by atoms with E-state index in [9.17, 15) is 13.5 Å². The molecule has 0 aromatic carbocycles. The molecule has 0 atom stereocenters. The van der Waals surface area contributed by atoms with Gasteiger partial charge >= 0.3 is 0 Å². The van der Waals surface area contributed by atoms with Gasteiger partial charge in [-0.1, -0.05) is 13.3 Å². The number of nitrogens with zero attached hydrogens (tertiary/aromatic N) is 3. The molecule has 0 amide bonds. The number of hydrogen-bond acceptors (Lipinski definition) is 9. The van der Waals surface area contributed by atoms with Gasteiger partial charge in [0.05, 0.1) is 17.4 Å². The molecule has 2 fully saturated rings. The smallest absolute Gasteiger partial charge is 0.242 e. The lowest BCUT2D eigenvalue weighted by atomic mass is 9.87. The zero-order valence-electron chi connectivity index (χ0n) is 21.7. The maximum absolute atomic E-state index is 12.8. The second-order valence-corrected chi connectivity index (χ2v) is 12.0. The number of nitrogens with one attached hydrogen (secondary N) is 4. The van der Waals surface area contributed by atoms with Crippen LogP contribution in [-0.4, -0.2) is 67.3 Å². The maximum Gasteiger partial charge on any atom is 0.242 e. The van der Waals surface area contributed by atoms with Crippen molar-refractivity contribution in [1.82, 2.24) is 25.0 Å². The number of pyridine rings is 1. The monoisotopic (exact) mass is 531 g/mol. The molecule has 37 heavy (non-hydrogen) atoms. The fourth-order valence-electron chi connectivity index (χ4n) is 4.85. The van der Waals surface area contributed by atoms with Crippen LogP contribution in [0.4, 0.5) is 11.8 Å². The molecule has 0 bridgehead atoms. The molecule has 10 nitrogen and oxygen atoms in total. The van der Waals surface area contributed by atoms with E-state index in [2.05, 4.69) is 37.6 Å². The number of hydrogen-bond donors (Lipinski definition) is 5. The Hall–Kier alpha value is -2.34. The van der Waals surface area contributed by atoms with Gasteiger partial charge in [-0.25, -0.2) is 18.1 Å². The summed E-state index contributed by atoms with van der Waals surface area (Å²) < 4.78 is 28.4. The number of aromatic nitrogens is 3. The summed E-state index contributed by atoms with van der Waals surface area (Å²) in [7, 11) is -3.63. The second-order valence-electron chi connectivity index (χ2n) is 10.2. The van der Waals surface area contributed by atoms with Crippen molar-refractivity contribution in [2.24, 2.45) is 11.8 Å². The lowest BCUT2D eigenvalue weighted by molar-refractivity contribution is 0.111. The fourth-order valence-corrected chi connectivity index (χ4v) is 5.91. The minimum Gasteiger partial charge on any atom is -0.393 e. The third kappa shape index (κ3) is 8.07. The lowest BCUT2D eigenvalue weighted by Gasteiger charge is -2.26. The first-order chi connectivity index (χ1) is 17.9. The SMILES string of the molecule is CCCCNc1ncc(-c2ccc(S(=O)(=O)NCC3CCNCC3)cn2)c(NCC2CCC(O)CC2)n1. The van der Waals surface area contributed by atoms with Crippen LogP contribution in [0.25, 0.3) is 11.3 Å². The molecule has 3 heterocycles. The zero-order chi connectivity index (χ0) is 26.1. The van der Waals surface area contributed by atoms with Crippen LogP contribution in [0.15, 0.2) is 29.4 Å². The van der Waals surface area contributed by atoms with E-state index >= 15 is 0 Å². The normalized spacial score (nSPS) is 21.0. The Bertz CT molecular complexity index is 1080. The van der Waals surface area contributed by atoms with E-state index in [4.69, 9.17) is 4.98 Å². The summed E-state index contributed by atoms with van der Waals surface area (Å²) in [5, 5.41) is 19.9. The van der Waals surface area contributed by atoms with Gasteiger partial charge in [0.2, 0.25) is 16.0 Å². The standard InChI is InChI=1S/C26H41N7O3S/c1-2-3-12-28-26-31-18-23(25(33-26)30-15-19-4-6-21(34)7-5-19)24-9-8-22(17-29-24)37(35,36)32-16-20-10-13-27-14-11-20/h8-9,17-21,27,32,34H,2-7,10-16H2,1H3,(H2,28,30,31,33). The summed E-state index contributed by atoms with van der Waals surface area (Å²) >= 11 is 0. The van der Waals surface area contributed by atoms with Gasteiger partial charge in [0, 0.05) is 32.0 Å². The second kappa shape index (κ2) is 13.5. The molecule has 2 aromatic heterocycles. The predicted octanol–water partition coefficient (Wildman–Crippen LogP) is 2.99. The number of rotatable bonds is 12. The van der Waals surface area contributed by atoms with E-state index in [-0.39, 0.29) is 11.0 Å². The van der Waals surface area contributed by atoms with Gasteiger partial charge in [-0.15, -0.1) is 0 Å². The molecule has 0 unspecified atom stereocenters. The molecule has 1 aliphatic carbocycles. The summed E-state index contributed by atoms with van der Waals surface area (Å²) in [5.74, 6) is 2.05. The number of anilines is 2. The van der Waals surface area contributed by atoms with Crippen LogP contribution >= 0.6 is 0 Å². The molecule has 1 aliphatic heterocycles. The van der Waals surface area contributed by atoms with Crippen LogP contribution in [0, 0.1) is 11.8 Å². The highest BCUT2D eigenvalue weighted by atomic mass is 32.2. The van der Waals surface area contributed by atoms with Crippen LogP contribution in [0.2, 0.25) is 0 Å². The minimum absolute atomic E-state index is 0.152. The number of piperidine rings is 1. The topological polar surface area (TPSA) is 141 Å². The first-order valence-electron chi connectivity index (χ1n) is 13.6. The first kappa shape index (κ1) is 27.7. The minimum atomic E-state index is -3.63. The zero-order valence-corrected chi connectivity index (χ0v) is 22.6. The van der Waals surface area contributed by atoms with E-state index in [0.29, 0.717) is 35.8 Å². The van der Waals surface area contributed by atoms with Crippen molar-refractivity contribution in [2.75, 3.05) is 43.4 Å². The largest absolute Gasteiger partial charge is 0.393 e. The van der Waals surface area contributed by atoms with E-state index in [1.54, 1.807) is 18.3 Å². The van der Waals surface area contributed by atoms with Crippen LogP contribution in [0.5, 0.6) is 0 Å². The van der Waals surface area contributed by atoms with Crippen molar-refractivity contribution >= 4 is 21.8 Å². The number of aliphatic hydroxyl groups excluding tert-OH is 1. The number of sulfonamides is 1. The lowest BCUT2D eigenvalue weighted by Crippen LogP contribution is -2.36. The quantitative estimate of drug-likeness (QED) is 0.261. The molecule has 1 saturated heterocycles. The summed E-state index contributed by atoms with van der Waals surface area (Å²) in [6.45, 7) is 5.98. The molecular weight excluding hydrogens is 490 g/mol. The maximum atomic E-state index is 12.8. The summed E-state index contributed by atoms with van der Waals surface area (Å²) in [6.07, 6.45) is 10.6. The molecule has 5 N–H and O–H groups in total. The van der Waals surface area contributed by atoms with Gasteiger partial charge in [-0.05, 0) is 82.0 Å². The molecule has 2 aliphatic rings. The Morgan fingerprint density at radius 3 is 2.43 bits per heavy atom. The Balaban J connectivity index is 1.47. The van der Waals surface area contributed by atoms with Crippen molar-refractivity contribution in [3.05, 3.63) is 24.5 Å². The van der Waals surface area contributed by atoms with Gasteiger partial charge in [-0.3, -0.25) is 4.98 Å². The Kier molecular flexibility index (Phi) is 10.1. The third-order valence-electron chi connectivity index (χ3n) is 7.32. The van der Waals surface area contributed by atoms with E-state index in [1.165, 1.54) is 6.20 Å². The Morgan fingerprint density at radius 2 is 1.73 bits per heavy atom.